The Morgan fingerprint density at radius 3 is 2.72 bits per heavy atom. The fraction of sp³-hybridized carbons (Fsp3) is 0.250. The lowest BCUT2D eigenvalue weighted by Crippen LogP contribution is -2.06. The van der Waals surface area contributed by atoms with E-state index in [0.717, 1.165) is 18.4 Å². The summed E-state index contributed by atoms with van der Waals surface area (Å²) in [6, 6.07) is 15.1. The Morgan fingerprint density at radius 1 is 1.11 bits per heavy atom. The van der Waals surface area contributed by atoms with Crippen molar-refractivity contribution < 1.29 is 4.39 Å². The van der Waals surface area contributed by atoms with E-state index in [0.29, 0.717) is 5.92 Å². The minimum atomic E-state index is -0.172. The van der Waals surface area contributed by atoms with E-state index in [2.05, 4.69) is 12.1 Å². The molecule has 0 aromatic heterocycles. The van der Waals surface area contributed by atoms with Crippen LogP contribution >= 0.6 is 11.6 Å². The maximum Gasteiger partial charge on any atom is 0.123 e. The molecule has 0 fully saturated rings. The number of fused-ring (bicyclic) bond motifs is 1. The third-order valence-corrected chi connectivity index (χ3v) is 4.23. The molecule has 3 rings (SSSR count). The van der Waals surface area contributed by atoms with Gasteiger partial charge in [-0.2, -0.15) is 0 Å². The molecule has 0 heterocycles. The van der Waals surface area contributed by atoms with Gasteiger partial charge in [-0.05, 0) is 47.6 Å². The van der Waals surface area contributed by atoms with E-state index >= 15 is 0 Å². The predicted octanol–water partition coefficient (Wildman–Crippen LogP) is 4.52. The minimum absolute atomic E-state index is 0.0458. The quantitative estimate of drug-likeness (QED) is 0.697. The Labute approximate surface area is 111 Å². The van der Waals surface area contributed by atoms with Gasteiger partial charge in [0.2, 0.25) is 0 Å². The molecule has 2 aromatic rings. The Balaban J connectivity index is 1.81. The fourth-order valence-electron chi connectivity index (χ4n) is 2.77. The normalized spacial score (nSPS) is 21.9. The van der Waals surface area contributed by atoms with E-state index in [-0.39, 0.29) is 11.2 Å². The summed E-state index contributed by atoms with van der Waals surface area (Å²) in [6.07, 6.45) is 1.82. The largest absolute Gasteiger partial charge is 0.207 e. The van der Waals surface area contributed by atoms with Gasteiger partial charge >= 0.3 is 0 Å². The number of hydrogen-bond donors (Lipinski definition) is 0. The van der Waals surface area contributed by atoms with Crippen molar-refractivity contribution in [3.05, 3.63) is 71.0 Å². The fourth-order valence-corrected chi connectivity index (χ4v) is 3.16. The molecule has 0 saturated heterocycles. The number of halogens is 2. The number of alkyl halides is 1. The molecule has 0 N–H and O–H groups in total. The topological polar surface area (TPSA) is 0 Å². The van der Waals surface area contributed by atoms with Crippen molar-refractivity contribution >= 4 is 11.6 Å². The van der Waals surface area contributed by atoms with E-state index in [4.69, 9.17) is 11.6 Å². The molecule has 0 nitrogen and oxygen atoms in total. The van der Waals surface area contributed by atoms with Gasteiger partial charge in [0.25, 0.3) is 0 Å². The summed E-state index contributed by atoms with van der Waals surface area (Å²) in [5, 5.41) is 0.0458. The van der Waals surface area contributed by atoms with Crippen LogP contribution in [0.1, 0.15) is 22.1 Å². The Morgan fingerprint density at radius 2 is 1.94 bits per heavy atom. The highest BCUT2D eigenvalue weighted by molar-refractivity contribution is 6.21. The first-order chi connectivity index (χ1) is 8.74. The van der Waals surface area contributed by atoms with Gasteiger partial charge < -0.3 is 0 Å². The van der Waals surface area contributed by atoms with Crippen LogP contribution in [0.25, 0.3) is 0 Å². The maximum absolute atomic E-state index is 13.2. The molecule has 2 heteroatoms. The third-order valence-electron chi connectivity index (χ3n) is 3.64. The smallest absolute Gasteiger partial charge is 0.123 e. The molecule has 18 heavy (non-hydrogen) atoms. The zero-order valence-electron chi connectivity index (χ0n) is 9.94. The summed E-state index contributed by atoms with van der Waals surface area (Å²) in [7, 11) is 0. The number of benzene rings is 2. The van der Waals surface area contributed by atoms with E-state index in [1.54, 1.807) is 12.1 Å². The van der Waals surface area contributed by atoms with E-state index in [9.17, 15) is 4.39 Å². The van der Waals surface area contributed by atoms with Crippen molar-refractivity contribution in [1.82, 2.24) is 0 Å². The summed E-state index contributed by atoms with van der Waals surface area (Å²) in [5.41, 5.74) is 3.60. The second-order valence-electron chi connectivity index (χ2n) is 4.90. The first-order valence-corrected chi connectivity index (χ1v) is 6.64. The van der Waals surface area contributed by atoms with Crippen molar-refractivity contribution in [2.24, 2.45) is 5.92 Å². The Bertz CT molecular complexity index is 565. The van der Waals surface area contributed by atoms with Crippen LogP contribution in [-0.2, 0) is 12.8 Å². The third kappa shape index (κ3) is 2.15. The summed E-state index contributed by atoms with van der Waals surface area (Å²) in [5.74, 6) is 0.194. The zero-order chi connectivity index (χ0) is 12.5. The van der Waals surface area contributed by atoms with Crippen LogP contribution in [0.3, 0.4) is 0 Å². The van der Waals surface area contributed by atoms with Crippen LogP contribution in [0.15, 0.2) is 48.5 Å². The molecule has 1 aliphatic rings. The van der Waals surface area contributed by atoms with E-state index in [1.807, 2.05) is 18.2 Å². The van der Waals surface area contributed by atoms with Gasteiger partial charge in [0.15, 0.2) is 0 Å². The molecule has 2 unspecified atom stereocenters. The summed E-state index contributed by atoms with van der Waals surface area (Å²) in [4.78, 5) is 0. The van der Waals surface area contributed by atoms with E-state index in [1.165, 1.54) is 17.2 Å². The second-order valence-corrected chi connectivity index (χ2v) is 5.37. The maximum atomic E-state index is 13.2. The predicted molar refractivity (Wildman–Crippen MR) is 72.3 cm³/mol. The Hall–Kier alpha value is -1.34. The molecular weight excluding hydrogens is 247 g/mol. The molecule has 0 amide bonds. The van der Waals surface area contributed by atoms with Crippen LogP contribution in [0, 0.1) is 11.7 Å². The monoisotopic (exact) mass is 260 g/mol. The zero-order valence-corrected chi connectivity index (χ0v) is 10.7. The first-order valence-electron chi connectivity index (χ1n) is 6.20. The van der Waals surface area contributed by atoms with Crippen molar-refractivity contribution in [3.63, 3.8) is 0 Å². The second kappa shape index (κ2) is 4.74. The highest BCUT2D eigenvalue weighted by Gasteiger charge is 2.30. The molecule has 0 bridgehead atoms. The van der Waals surface area contributed by atoms with Crippen molar-refractivity contribution in [2.75, 3.05) is 0 Å². The first kappa shape index (κ1) is 11.7. The van der Waals surface area contributed by atoms with Crippen molar-refractivity contribution in [2.45, 2.75) is 18.2 Å². The summed E-state index contributed by atoms with van der Waals surface area (Å²) < 4.78 is 13.2. The molecule has 92 valence electrons. The van der Waals surface area contributed by atoms with Gasteiger partial charge in [0.1, 0.15) is 5.82 Å². The lowest BCUT2D eigenvalue weighted by atomic mass is 9.96. The average molecular weight is 261 g/mol. The van der Waals surface area contributed by atoms with Crippen LogP contribution in [0.2, 0.25) is 0 Å². The SMILES string of the molecule is Fc1cccc(CC2Cc3ccccc3C2Cl)c1. The van der Waals surface area contributed by atoms with Crippen LogP contribution < -0.4 is 0 Å². The number of rotatable bonds is 2. The summed E-state index contributed by atoms with van der Waals surface area (Å²) in [6.45, 7) is 0. The number of hydrogen-bond acceptors (Lipinski definition) is 0. The standard InChI is InChI=1S/C16H14ClF/c17-16-13(8-11-4-3-6-14(18)9-11)10-12-5-1-2-7-15(12)16/h1-7,9,13,16H,8,10H2. The highest BCUT2D eigenvalue weighted by atomic mass is 35.5. The van der Waals surface area contributed by atoms with Gasteiger partial charge in [-0.25, -0.2) is 4.39 Å². The summed E-state index contributed by atoms with van der Waals surface area (Å²) >= 11 is 6.50. The molecule has 2 atom stereocenters. The molecule has 0 saturated carbocycles. The van der Waals surface area contributed by atoms with Gasteiger partial charge in [-0.15, -0.1) is 11.6 Å². The van der Waals surface area contributed by atoms with Crippen molar-refractivity contribution in [1.29, 1.82) is 0 Å². The Kier molecular flexibility index (Phi) is 3.09. The van der Waals surface area contributed by atoms with Crippen LogP contribution in [0.4, 0.5) is 4.39 Å². The molecule has 0 radical (unpaired) electrons. The van der Waals surface area contributed by atoms with Gasteiger partial charge in [-0.3, -0.25) is 0 Å². The van der Waals surface area contributed by atoms with E-state index < -0.39 is 0 Å². The van der Waals surface area contributed by atoms with Gasteiger partial charge in [0.05, 0.1) is 5.38 Å². The van der Waals surface area contributed by atoms with Crippen LogP contribution in [-0.4, -0.2) is 0 Å². The molecule has 1 aliphatic carbocycles. The highest BCUT2D eigenvalue weighted by Crippen LogP contribution is 2.42. The molecule has 0 spiro atoms. The van der Waals surface area contributed by atoms with Gasteiger partial charge in [0, 0.05) is 0 Å². The minimum Gasteiger partial charge on any atom is -0.207 e. The average Bonchev–Trinajstić information content (AvgIpc) is 2.67. The van der Waals surface area contributed by atoms with Crippen molar-refractivity contribution in [3.8, 4) is 0 Å². The lowest BCUT2D eigenvalue weighted by Gasteiger charge is -2.14. The molecule has 0 aliphatic heterocycles. The molecular formula is C16H14ClF. The van der Waals surface area contributed by atoms with Crippen LogP contribution in [0.5, 0.6) is 0 Å². The van der Waals surface area contributed by atoms with Gasteiger partial charge in [-0.1, -0.05) is 36.4 Å². The lowest BCUT2D eigenvalue weighted by molar-refractivity contribution is 0.540. The molecule has 2 aromatic carbocycles.